The standard InChI is InChI=1S/C18H22N2O3/c1-13(10-14-6-8-19-9-7-14)20-18(21)12-15-11-16(22-2)4-5-17(15)23-3/h4-9,11,13H,10,12H2,1-3H3,(H,20,21). The molecule has 0 aliphatic carbocycles. The lowest BCUT2D eigenvalue weighted by molar-refractivity contribution is -0.121. The van der Waals surface area contributed by atoms with E-state index in [1.165, 1.54) is 0 Å². The molecule has 1 aromatic heterocycles. The van der Waals surface area contributed by atoms with Gasteiger partial charge in [-0.3, -0.25) is 9.78 Å². The lowest BCUT2D eigenvalue weighted by atomic mass is 10.1. The summed E-state index contributed by atoms with van der Waals surface area (Å²) in [5.41, 5.74) is 1.95. The van der Waals surface area contributed by atoms with Gasteiger partial charge in [-0.1, -0.05) is 0 Å². The third-order valence-electron chi connectivity index (χ3n) is 3.54. The number of carbonyl (C=O) groups excluding carboxylic acids is 1. The zero-order valence-corrected chi connectivity index (χ0v) is 13.7. The highest BCUT2D eigenvalue weighted by Crippen LogP contribution is 2.24. The minimum Gasteiger partial charge on any atom is -0.497 e. The topological polar surface area (TPSA) is 60.5 Å². The average Bonchev–Trinajstić information content (AvgIpc) is 2.55. The van der Waals surface area contributed by atoms with E-state index in [2.05, 4.69) is 10.3 Å². The molecule has 2 rings (SSSR count). The molecule has 0 aliphatic heterocycles. The van der Waals surface area contributed by atoms with Crippen LogP contribution in [0.5, 0.6) is 11.5 Å². The Hall–Kier alpha value is -2.56. The maximum atomic E-state index is 12.3. The highest BCUT2D eigenvalue weighted by Gasteiger charge is 2.13. The lowest BCUT2D eigenvalue weighted by Gasteiger charge is -2.15. The van der Waals surface area contributed by atoms with E-state index in [4.69, 9.17) is 9.47 Å². The number of carbonyl (C=O) groups is 1. The molecule has 1 atom stereocenters. The number of hydrogen-bond acceptors (Lipinski definition) is 4. The maximum Gasteiger partial charge on any atom is 0.224 e. The quantitative estimate of drug-likeness (QED) is 0.852. The van der Waals surface area contributed by atoms with Crippen molar-refractivity contribution in [3.63, 3.8) is 0 Å². The summed E-state index contributed by atoms with van der Waals surface area (Å²) in [7, 11) is 3.19. The molecule has 5 heteroatoms. The molecule has 0 radical (unpaired) electrons. The molecular weight excluding hydrogens is 292 g/mol. The van der Waals surface area contributed by atoms with Crippen LogP contribution in [0.1, 0.15) is 18.1 Å². The van der Waals surface area contributed by atoms with Gasteiger partial charge in [0.2, 0.25) is 5.91 Å². The van der Waals surface area contributed by atoms with Crippen LogP contribution in [0.4, 0.5) is 0 Å². The molecule has 1 heterocycles. The lowest BCUT2D eigenvalue weighted by Crippen LogP contribution is -2.35. The van der Waals surface area contributed by atoms with Crippen LogP contribution in [-0.2, 0) is 17.6 Å². The van der Waals surface area contributed by atoms with Gasteiger partial charge in [0.05, 0.1) is 20.6 Å². The minimum atomic E-state index is -0.0434. The molecule has 0 spiro atoms. The number of pyridine rings is 1. The van der Waals surface area contributed by atoms with Crippen LogP contribution in [0.3, 0.4) is 0 Å². The monoisotopic (exact) mass is 314 g/mol. The number of ether oxygens (including phenoxy) is 2. The van der Waals surface area contributed by atoms with Crippen LogP contribution in [-0.4, -0.2) is 31.2 Å². The first-order chi connectivity index (χ1) is 11.1. The molecule has 2 aromatic rings. The van der Waals surface area contributed by atoms with E-state index in [0.29, 0.717) is 11.5 Å². The summed E-state index contributed by atoms with van der Waals surface area (Å²) in [5.74, 6) is 1.35. The fourth-order valence-electron chi connectivity index (χ4n) is 2.44. The highest BCUT2D eigenvalue weighted by atomic mass is 16.5. The van der Waals surface area contributed by atoms with E-state index in [0.717, 1.165) is 17.5 Å². The van der Waals surface area contributed by atoms with Gasteiger partial charge in [-0.25, -0.2) is 0 Å². The molecule has 23 heavy (non-hydrogen) atoms. The Bertz CT molecular complexity index is 644. The van der Waals surface area contributed by atoms with Crippen molar-refractivity contribution in [3.05, 3.63) is 53.9 Å². The van der Waals surface area contributed by atoms with Crippen LogP contribution in [0.15, 0.2) is 42.7 Å². The van der Waals surface area contributed by atoms with Crippen molar-refractivity contribution in [2.75, 3.05) is 14.2 Å². The number of hydrogen-bond donors (Lipinski definition) is 1. The summed E-state index contributed by atoms with van der Waals surface area (Å²) in [6.45, 7) is 1.99. The highest BCUT2D eigenvalue weighted by molar-refractivity contribution is 5.79. The average molecular weight is 314 g/mol. The number of methoxy groups -OCH3 is 2. The predicted molar refractivity (Wildman–Crippen MR) is 88.8 cm³/mol. The summed E-state index contributed by atoms with van der Waals surface area (Å²) in [6, 6.07) is 9.39. The fraction of sp³-hybridized carbons (Fsp3) is 0.333. The number of aromatic nitrogens is 1. The minimum absolute atomic E-state index is 0.0431. The second-order valence-electron chi connectivity index (χ2n) is 5.38. The van der Waals surface area contributed by atoms with Crippen LogP contribution in [0.25, 0.3) is 0 Å². The van der Waals surface area contributed by atoms with Crippen molar-refractivity contribution in [1.82, 2.24) is 10.3 Å². The SMILES string of the molecule is COc1ccc(OC)c(CC(=O)NC(C)Cc2ccncc2)c1. The Kier molecular flexibility index (Phi) is 5.97. The fourth-order valence-corrected chi connectivity index (χ4v) is 2.44. The second kappa shape index (κ2) is 8.17. The molecule has 1 amide bonds. The van der Waals surface area contributed by atoms with Crippen LogP contribution >= 0.6 is 0 Å². The molecule has 1 aromatic carbocycles. The third-order valence-corrected chi connectivity index (χ3v) is 3.54. The number of benzene rings is 1. The van der Waals surface area contributed by atoms with E-state index in [1.807, 2.05) is 37.3 Å². The Labute approximate surface area is 136 Å². The first-order valence-electron chi connectivity index (χ1n) is 7.51. The zero-order chi connectivity index (χ0) is 16.7. The second-order valence-corrected chi connectivity index (χ2v) is 5.38. The van der Waals surface area contributed by atoms with Gasteiger partial charge in [0.25, 0.3) is 0 Å². The van der Waals surface area contributed by atoms with Gasteiger partial charge in [0.1, 0.15) is 11.5 Å². The first-order valence-corrected chi connectivity index (χ1v) is 7.51. The van der Waals surface area contributed by atoms with Crippen LogP contribution < -0.4 is 14.8 Å². The number of nitrogens with zero attached hydrogens (tertiary/aromatic N) is 1. The first kappa shape index (κ1) is 16.8. The van der Waals surface area contributed by atoms with E-state index >= 15 is 0 Å². The van der Waals surface area contributed by atoms with Crippen LogP contribution in [0, 0.1) is 0 Å². The molecule has 122 valence electrons. The van der Waals surface area contributed by atoms with Gasteiger partial charge in [0, 0.05) is 24.0 Å². The summed E-state index contributed by atoms with van der Waals surface area (Å²) in [4.78, 5) is 16.3. The summed E-state index contributed by atoms with van der Waals surface area (Å²) < 4.78 is 10.5. The van der Waals surface area contributed by atoms with Crippen molar-refractivity contribution in [2.45, 2.75) is 25.8 Å². The molecule has 1 unspecified atom stereocenters. The number of rotatable bonds is 7. The summed E-state index contributed by atoms with van der Waals surface area (Å²) >= 11 is 0. The summed E-state index contributed by atoms with van der Waals surface area (Å²) in [6.07, 6.45) is 4.53. The van der Waals surface area contributed by atoms with Crippen LogP contribution in [0.2, 0.25) is 0 Å². The van der Waals surface area contributed by atoms with Crippen molar-refractivity contribution in [2.24, 2.45) is 0 Å². The molecule has 0 saturated heterocycles. The Morgan fingerprint density at radius 1 is 1.17 bits per heavy atom. The zero-order valence-electron chi connectivity index (χ0n) is 13.7. The summed E-state index contributed by atoms with van der Waals surface area (Å²) in [5, 5.41) is 3.01. The predicted octanol–water partition coefficient (Wildman–Crippen LogP) is 2.39. The van der Waals surface area contributed by atoms with E-state index < -0.39 is 0 Å². The largest absolute Gasteiger partial charge is 0.497 e. The molecule has 1 N–H and O–H groups in total. The number of amides is 1. The van der Waals surface area contributed by atoms with Gasteiger partial charge in [-0.2, -0.15) is 0 Å². The Morgan fingerprint density at radius 2 is 1.91 bits per heavy atom. The van der Waals surface area contributed by atoms with Gasteiger partial charge in [0.15, 0.2) is 0 Å². The van der Waals surface area contributed by atoms with Crippen molar-refractivity contribution < 1.29 is 14.3 Å². The molecule has 0 bridgehead atoms. The maximum absolute atomic E-state index is 12.3. The molecule has 0 aliphatic rings. The van der Waals surface area contributed by atoms with Crippen molar-refractivity contribution in [3.8, 4) is 11.5 Å². The van der Waals surface area contributed by atoms with Crippen molar-refractivity contribution in [1.29, 1.82) is 0 Å². The Morgan fingerprint density at radius 3 is 2.57 bits per heavy atom. The molecule has 0 fully saturated rings. The van der Waals surface area contributed by atoms with E-state index in [1.54, 1.807) is 26.6 Å². The Balaban J connectivity index is 1.96. The van der Waals surface area contributed by atoms with Crippen molar-refractivity contribution >= 4 is 5.91 Å². The van der Waals surface area contributed by atoms with Gasteiger partial charge in [-0.15, -0.1) is 0 Å². The third kappa shape index (κ3) is 4.98. The normalized spacial score (nSPS) is 11.6. The molecule has 0 saturated carbocycles. The smallest absolute Gasteiger partial charge is 0.224 e. The molecule has 5 nitrogen and oxygen atoms in total. The number of nitrogens with one attached hydrogen (secondary N) is 1. The van der Waals surface area contributed by atoms with E-state index in [-0.39, 0.29) is 18.4 Å². The van der Waals surface area contributed by atoms with Gasteiger partial charge >= 0.3 is 0 Å². The van der Waals surface area contributed by atoms with Gasteiger partial charge in [-0.05, 0) is 49.2 Å². The van der Waals surface area contributed by atoms with Gasteiger partial charge < -0.3 is 14.8 Å². The molecular formula is C18H22N2O3. The van der Waals surface area contributed by atoms with E-state index in [9.17, 15) is 4.79 Å².